The quantitative estimate of drug-likeness (QED) is 0.0308. The van der Waals surface area contributed by atoms with E-state index in [9.17, 15) is 4.79 Å². The Morgan fingerprint density at radius 2 is 1.54 bits per heavy atom. The summed E-state index contributed by atoms with van der Waals surface area (Å²) in [4.78, 5) is 23.0. The summed E-state index contributed by atoms with van der Waals surface area (Å²) in [5, 5.41) is 13.0. The van der Waals surface area contributed by atoms with Crippen LogP contribution in [0.15, 0.2) is 148 Å². The molecule has 0 bridgehead atoms. The van der Waals surface area contributed by atoms with Crippen molar-refractivity contribution in [1.82, 2.24) is 10.9 Å². The molecule has 264 valence electrons. The molecule has 2 atom stereocenters. The van der Waals surface area contributed by atoms with E-state index in [1.165, 1.54) is 0 Å². The third kappa shape index (κ3) is 8.70. The molecule has 6 rings (SSSR count). The van der Waals surface area contributed by atoms with Crippen LogP contribution in [0.2, 0.25) is 0 Å². The Labute approximate surface area is 311 Å². The number of hydrazine groups is 1. The molecule has 0 aromatic heterocycles. The van der Waals surface area contributed by atoms with E-state index < -0.39 is 11.6 Å². The van der Waals surface area contributed by atoms with Crippen LogP contribution in [0.1, 0.15) is 51.8 Å². The molecular formula is C41H39BrN6O4. The molecule has 0 fully saturated rings. The largest absolute Gasteiger partial charge is 0.494 e. The fourth-order valence-corrected chi connectivity index (χ4v) is 6.61. The Morgan fingerprint density at radius 1 is 0.904 bits per heavy atom. The smallest absolute Gasteiger partial charge is 0.266 e. The Kier molecular flexibility index (Phi) is 12.3. The van der Waals surface area contributed by atoms with E-state index in [1.807, 2.05) is 109 Å². The van der Waals surface area contributed by atoms with Crippen molar-refractivity contribution >= 4 is 27.7 Å². The number of azide groups is 1. The van der Waals surface area contributed by atoms with Gasteiger partial charge in [-0.05, 0) is 69.7 Å². The van der Waals surface area contributed by atoms with Gasteiger partial charge < -0.3 is 14.6 Å². The number of amides is 1. The maximum Gasteiger partial charge on any atom is 0.266 e. The molecule has 5 aromatic carbocycles. The molecule has 10 nitrogen and oxygen atoms in total. The molecule has 3 N–H and O–H groups in total. The second-order valence-electron chi connectivity index (χ2n) is 12.4. The molecule has 5 aromatic rings. The van der Waals surface area contributed by atoms with E-state index in [4.69, 9.17) is 25.1 Å². The van der Waals surface area contributed by atoms with E-state index in [0.29, 0.717) is 36.8 Å². The monoisotopic (exact) mass is 758 g/mol. The summed E-state index contributed by atoms with van der Waals surface area (Å²) in [6.07, 6.45) is -0.133. The van der Waals surface area contributed by atoms with Gasteiger partial charge in [-0.15, -0.1) is 0 Å². The minimum absolute atomic E-state index is 0.0394. The van der Waals surface area contributed by atoms with Crippen LogP contribution in [-0.4, -0.2) is 42.2 Å². The number of aliphatic hydroxyl groups is 1. The van der Waals surface area contributed by atoms with Crippen LogP contribution in [0.3, 0.4) is 0 Å². The molecule has 0 unspecified atom stereocenters. The van der Waals surface area contributed by atoms with Gasteiger partial charge >= 0.3 is 0 Å². The zero-order chi connectivity index (χ0) is 36.2. The summed E-state index contributed by atoms with van der Waals surface area (Å²) in [5.74, 6) is 0.538. The number of hydrogen-bond acceptors (Lipinski definition) is 7. The van der Waals surface area contributed by atoms with Crippen LogP contribution < -0.4 is 15.6 Å². The van der Waals surface area contributed by atoms with E-state index in [2.05, 4.69) is 61.1 Å². The van der Waals surface area contributed by atoms with Crippen molar-refractivity contribution in [3.05, 3.63) is 182 Å². The number of aliphatic hydroxyl groups excluding tert-OH is 1. The second-order valence-corrected chi connectivity index (χ2v) is 13.3. The van der Waals surface area contributed by atoms with Crippen molar-refractivity contribution in [3.8, 4) is 5.75 Å². The maximum atomic E-state index is 14.9. The predicted molar refractivity (Wildman–Crippen MR) is 205 cm³/mol. The van der Waals surface area contributed by atoms with Crippen molar-refractivity contribution in [2.75, 3.05) is 19.8 Å². The maximum absolute atomic E-state index is 14.9. The van der Waals surface area contributed by atoms with Gasteiger partial charge in [0.2, 0.25) is 5.90 Å². The van der Waals surface area contributed by atoms with Crippen molar-refractivity contribution in [1.29, 1.82) is 0 Å². The van der Waals surface area contributed by atoms with Crippen molar-refractivity contribution < 1.29 is 19.4 Å². The molecular weight excluding hydrogens is 720 g/mol. The third-order valence-electron chi connectivity index (χ3n) is 9.00. The Bertz CT molecular complexity index is 1970. The summed E-state index contributed by atoms with van der Waals surface area (Å²) in [7, 11) is 0. The molecule has 1 heterocycles. The van der Waals surface area contributed by atoms with Gasteiger partial charge in [-0.2, -0.15) is 0 Å². The number of halogens is 1. The number of nitrogens with one attached hydrogen (secondary N) is 2. The number of rotatable bonds is 16. The average molecular weight is 760 g/mol. The minimum atomic E-state index is -1.48. The van der Waals surface area contributed by atoms with Crippen LogP contribution in [0.4, 0.5) is 0 Å². The fourth-order valence-electron chi connectivity index (χ4n) is 6.34. The first-order valence-electron chi connectivity index (χ1n) is 17.1. The number of aliphatic imine (C=N–C) groups is 1. The van der Waals surface area contributed by atoms with Gasteiger partial charge in [-0.25, -0.2) is 10.4 Å². The van der Waals surface area contributed by atoms with E-state index in [-0.39, 0.29) is 31.4 Å². The van der Waals surface area contributed by atoms with Gasteiger partial charge in [0.25, 0.3) is 5.91 Å². The predicted octanol–water partition coefficient (Wildman–Crippen LogP) is 7.97. The minimum Gasteiger partial charge on any atom is -0.494 e. The highest BCUT2D eigenvalue weighted by atomic mass is 79.9. The van der Waals surface area contributed by atoms with E-state index in [1.54, 1.807) is 0 Å². The van der Waals surface area contributed by atoms with Crippen molar-refractivity contribution in [3.63, 3.8) is 0 Å². The Balaban J connectivity index is 1.39. The summed E-state index contributed by atoms with van der Waals surface area (Å²) >= 11 is 3.54. The molecule has 52 heavy (non-hydrogen) atoms. The van der Waals surface area contributed by atoms with Crippen LogP contribution in [0, 0.1) is 0 Å². The zero-order valence-electron chi connectivity index (χ0n) is 28.4. The highest BCUT2D eigenvalue weighted by molar-refractivity contribution is 9.10. The Morgan fingerprint density at radius 3 is 2.17 bits per heavy atom. The first-order valence-corrected chi connectivity index (χ1v) is 17.9. The van der Waals surface area contributed by atoms with Crippen LogP contribution in [0.5, 0.6) is 5.75 Å². The summed E-state index contributed by atoms with van der Waals surface area (Å²) in [6, 6.07) is 42.9. The van der Waals surface area contributed by atoms with Crippen molar-refractivity contribution in [2.45, 2.75) is 36.9 Å². The lowest BCUT2D eigenvalue weighted by atomic mass is 9.81. The first kappa shape index (κ1) is 36.3. The fraction of sp³-hybridized carbons (Fsp3) is 0.220. The molecule has 1 aliphatic rings. The van der Waals surface area contributed by atoms with Gasteiger partial charge in [0.15, 0.2) is 11.6 Å². The standard InChI is InChI=1S/C41H39BrN6O4/c42-35-20-16-31(17-21-35)38-41(26-33-14-7-8-15-34(33)27-45-48-43,46-39(52-38)32-18-22-36(23-19-32)51-25-9-24-49)40(50)47-44-28-37(29-10-3-1-4-11-29)30-12-5-2-6-13-30/h1-8,10-23,37-38,44,49H,9,24-28H2,(H,47,50)/t38-,41-/m0/s1. The number of carbonyl (C=O) groups is 1. The van der Waals surface area contributed by atoms with Crippen LogP contribution in [-0.2, 0) is 22.5 Å². The lowest BCUT2D eigenvalue weighted by molar-refractivity contribution is -0.130. The highest BCUT2D eigenvalue weighted by Gasteiger charge is 2.53. The van der Waals surface area contributed by atoms with E-state index in [0.717, 1.165) is 32.3 Å². The third-order valence-corrected chi connectivity index (χ3v) is 9.53. The van der Waals surface area contributed by atoms with E-state index >= 15 is 0 Å². The average Bonchev–Trinajstić information content (AvgIpc) is 3.57. The van der Waals surface area contributed by atoms with Crippen molar-refractivity contribution in [2.24, 2.45) is 10.1 Å². The number of nitrogens with zero attached hydrogens (tertiary/aromatic N) is 4. The highest BCUT2D eigenvalue weighted by Crippen LogP contribution is 2.43. The van der Waals surface area contributed by atoms with Gasteiger partial charge in [-0.1, -0.05) is 118 Å². The SMILES string of the molecule is [N-]=[N+]=NCc1ccccc1C[C@]1(C(=O)NNCC(c2ccccc2)c2ccccc2)N=C(c2ccc(OCCCO)cc2)O[C@H]1c1ccc(Br)cc1. The first-order chi connectivity index (χ1) is 25.5. The van der Waals surface area contributed by atoms with Gasteiger partial charge in [0, 0.05) is 46.9 Å². The summed E-state index contributed by atoms with van der Waals surface area (Å²) in [6.45, 7) is 0.974. The molecule has 0 aliphatic carbocycles. The Hall–Kier alpha value is -5.45. The van der Waals surface area contributed by atoms with Crippen LogP contribution >= 0.6 is 15.9 Å². The topological polar surface area (TPSA) is 141 Å². The number of hydrogen-bond donors (Lipinski definition) is 3. The normalized spacial score (nSPS) is 16.4. The molecule has 0 radical (unpaired) electrons. The lowest BCUT2D eigenvalue weighted by Gasteiger charge is -2.32. The van der Waals surface area contributed by atoms with Gasteiger partial charge in [-0.3, -0.25) is 10.2 Å². The number of carbonyl (C=O) groups excluding carboxylic acids is 1. The molecule has 1 amide bonds. The van der Waals surface area contributed by atoms with Crippen LogP contribution in [0.25, 0.3) is 10.4 Å². The molecule has 11 heteroatoms. The van der Waals surface area contributed by atoms with Gasteiger partial charge in [0.1, 0.15) is 5.75 Å². The van der Waals surface area contributed by atoms with Gasteiger partial charge in [0.05, 0.1) is 13.2 Å². The molecule has 0 saturated carbocycles. The second kappa shape index (κ2) is 17.7. The summed E-state index contributed by atoms with van der Waals surface area (Å²) in [5.41, 5.74) is 19.2. The molecule has 1 aliphatic heterocycles. The lowest BCUT2D eigenvalue weighted by Crippen LogP contribution is -2.54. The number of benzene rings is 5. The number of ether oxygens (including phenoxy) is 2. The molecule has 0 saturated heterocycles. The zero-order valence-corrected chi connectivity index (χ0v) is 30.0. The summed E-state index contributed by atoms with van der Waals surface area (Å²) < 4.78 is 13.3. The molecule has 0 spiro atoms.